The van der Waals surface area contributed by atoms with E-state index in [4.69, 9.17) is 0 Å². The molecule has 2 heterocycles. The smallest absolute Gasteiger partial charge is 0.328 e. The predicted molar refractivity (Wildman–Crippen MR) is 347 cm³/mol. The van der Waals surface area contributed by atoms with Gasteiger partial charge in [0.2, 0.25) is 29.1 Å². The molecule has 0 saturated carbocycles. The van der Waals surface area contributed by atoms with Crippen molar-refractivity contribution >= 4 is 82.1 Å². The minimum Gasteiger partial charge on any atom is -0.507 e. The van der Waals surface area contributed by atoms with Crippen LogP contribution in [0.5, 0.6) is 5.75 Å². The van der Waals surface area contributed by atoms with E-state index in [1.807, 2.05) is 48.5 Å². The van der Waals surface area contributed by atoms with Gasteiger partial charge in [-0.1, -0.05) is 56.7 Å². The highest BCUT2D eigenvalue weighted by atomic mass is 16.4. The van der Waals surface area contributed by atoms with Gasteiger partial charge in [-0.3, -0.25) is 28.8 Å². The van der Waals surface area contributed by atoms with E-state index < -0.39 is 130 Å². The fourth-order valence-electron chi connectivity index (χ4n) is 11.9. The zero-order valence-electron chi connectivity index (χ0n) is 53.7. The molecule has 0 bridgehead atoms. The Morgan fingerprint density at radius 1 is 0.583 bits per heavy atom. The minimum atomic E-state index is -1.71. The van der Waals surface area contributed by atoms with Gasteiger partial charge in [0.15, 0.2) is 23.3 Å². The van der Waals surface area contributed by atoms with E-state index in [-0.39, 0.29) is 86.1 Å². The van der Waals surface area contributed by atoms with Gasteiger partial charge in [-0.15, -0.1) is 0 Å². The first kappa shape index (κ1) is 73.0. The van der Waals surface area contributed by atoms with Crippen LogP contribution >= 0.6 is 0 Å². The SMILES string of the molecule is CC1(C)C(/C=C2/C(=O)C(/C=C3\N(CCCCCC(=O)NCCCC[C@H](NC(=O)N[C@@H](CNc4c(O)c(=O)c4=O)C(=O)O)C(=O)O)c4ccccc4C3(C)C)=C2O)=[N+](CCCCCC(=O)NCCCC[C@H](NC(=O)N[C@@H](CNC2=C(O)C(O)C2=O)C(=O)O)C(=O)O)c2ccccc21. The van der Waals surface area contributed by atoms with Gasteiger partial charge in [-0.2, -0.15) is 4.58 Å². The van der Waals surface area contributed by atoms with Crippen LogP contribution in [0.3, 0.4) is 0 Å². The Morgan fingerprint density at radius 2 is 1.09 bits per heavy atom. The number of nitrogens with zero attached hydrogens (tertiary/aromatic N) is 2. The van der Waals surface area contributed by atoms with Crippen LogP contribution in [0.15, 0.2) is 104 Å². The van der Waals surface area contributed by atoms with Crippen molar-refractivity contribution in [3.8, 4) is 5.75 Å². The summed E-state index contributed by atoms with van der Waals surface area (Å²) in [7, 11) is 0. The van der Waals surface area contributed by atoms with Crippen LogP contribution in [0, 0.1) is 0 Å². The number of anilines is 2. The van der Waals surface area contributed by atoms with Crippen molar-refractivity contribution in [3.63, 3.8) is 0 Å². The highest BCUT2D eigenvalue weighted by Gasteiger charge is 2.48. The third-order valence-electron chi connectivity index (χ3n) is 17.5. The number of carbonyl (C=O) groups excluding carboxylic acids is 6. The lowest BCUT2D eigenvalue weighted by Gasteiger charge is -2.29. The molecule has 96 heavy (non-hydrogen) atoms. The van der Waals surface area contributed by atoms with E-state index in [1.165, 1.54) is 0 Å². The number of unbranched alkanes of at least 4 members (excludes halogenated alkanes) is 6. The molecule has 5 atom stereocenters. The summed E-state index contributed by atoms with van der Waals surface area (Å²) in [4.78, 5) is 149. The molecule has 516 valence electrons. The molecule has 30 heteroatoms. The standard InChI is InChI=1S/C66H82N10O20/c1-65(2)37-19-9-11-23-43(37)75(29-17-5-7-25-47(77)67-27-15-13-21-39(59(87)88)71-63(95)73-41(61(91)92)33-69-49-53(81)57(85)54(49)82)45(65)31-35-51(79)36(52(35)80)32-46-66(3,4)38-20-10-12-24-44(38)76(46)30-18-6-8-26-48(78)68-28-16-14-22-40(60(89)90)72-64(96)74-42(62(93)94)34-70-50-55(83)58(86)56(50)84/h9-12,19-20,23-24,31-32,39-42,57,85H,5-8,13-18,21-22,25-30,33-34H2,1-4H3,(H14,67,68,69,70,71,72,73,74,77,78,79,80,81,82,83,84,86,87,88,89,90,91,92,93,94,95,96)/p+1/b46-32-/t39-,40-,41-,42-/m0/s1. The number of rotatable bonds is 38. The summed E-state index contributed by atoms with van der Waals surface area (Å²) in [5.41, 5.74) is 1.85. The lowest BCUT2D eigenvalue weighted by molar-refractivity contribution is -0.438. The Morgan fingerprint density at radius 3 is 1.62 bits per heavy atom. The van der Waals surface area contributed by atoms with Crippen LogP contribution in [-0.2, 0) is 49.2 Å². The number of hydrogen-bond acceptors (Lipinski definition) is 19. The Hall–Kier alpha value is -10.4. The number of allylic oxidation sites excluding steroid dienone is 5. The molecule has 30 nitrogen and oxygen atoms in total. The topological polar surface area (TPSA) is 469 Å². The zero-order valence-corrected chi connectivity index (χ0v) is 53.7. The summed E-state index contributed by atoms with van der Waals surface area (Å²) in [6.07, 6.45) is 7.35. The van der Waals surface area contributed by atoms with Gasteiger partial charge in [0, 0.05) is 86.5 Å². The number of hydrogen-bond donors (Lipinski definition) is 16. The lowest BCUT2D eigenvalue weighted by atomic mass is 9.77. The summed E-state index contributed by atoms with van der Waals surface area (Å²) in [6.45, 7) is 8.69. The van der Waals surface area contributed by atoms with Crippen molar-refractivity contribution < 1.29 is 93.4 Å². The third-order valence-corrected chi connectivity index (χ3v) is 17.5. The molecule has 3 aromatic rings. The van der Waals surface area contributed by atoms with Crippen LogP contribution in [0.4, 0.5) is 26.7 Å². The van der Waals surface area contributed by atoms with Gasteiger partial charge in [-0.05, 0) is 95.8 Å². The normalized spacial score (nSPS) is 18.0. The molecular weight excluding hydrogens is 1250 g/mol. The van der Waals surface area contributed by atoms with Crippen molar-refractivity contribution in [1.29, 1.82) is 0 Å². The van der Waals surface area contributed by atoms with E-state index in [2.05, 4.69) is 79.7 Å². The molecular formula is C66H83N10O20+. The number of benzene rings is 2. The fraction of sp³-hybridized carbons (Fsp3) is 0.470. The number of carboxylic acids is 4. The van der Waals surface area contributed by atoms with E-state index in [0.29, 0.717) is 64.5 Å². The molecule has 0 spiro atoms. The Kier molecular flexibility index (Phi) is 24.5. The van der Waals surface area contributed by atoms with Gasteiger partial charge < -0.3 is 88.3 Å². The van der Waals surface area contributed by atoms with Crippen molar-refractivity contribution in [2.24, 2.45) is 0 Å². The van der Waals surface area contributed by atoms with Gasteiger partial charge in [0.1, 0.15) is 47.9 Å². The van der Waals surface area contributed by atoms with Crippen molar-refractivity contribution in [2.75, 3.05) is 49.5 Å². The van der Waals surface area contributed by atoms with E-state index in [9.17, 15) is 98.4 Å². The average molecular weight is 1340 g/mol. The van der Waals surface area contributed by atoms with Gasteiger partial charge in [0.05, 0.1) is 16.6 Å². The highest BCUT2D eigenvalue weighted by Crippen LogP contribution is 2.49. The molecule has 16 N–H and O–H groups in total. The maximum atomic E-state index is 14.3. The molecule has 2 aliphatic carbocycles. The fourth-order valence-corrected chi connectivity index (χ4v) is 11.9. The number of nitrogens with one attached hydrogen (secondary N) is 8. The molecule has 6 amide bonds. The Labute approximate surface area is 551 Å². The number of amides is 6. The molecule has 0 saturated heterocycles. The van der Waals surface area contributed by atoms with Crippen molar-refractivity contribution in [1.82, 2.24) is 37.2 Å². The Bertz CT molecular complexity index is 3780. The summed E-state index contributed by atoms with van der Waals surface area (Å²) in [5.74, 6) is -9.03. The van der Waals surface area contributed by atoms with Crippen molar-refractivity contribution in [3.05, 3.63) is 126 Å². The van der Waals surface area contributed by atoms with Crippen LogP contribution in [0.2, 0.25) is 0 Å². The second-order valence-electron chi connectivity index (χ2n) is 24.9. The van der Waals surface area contributed by atoms with Crippen LogP contribution in [0.25, 0.3) is 0 Å². The second kappa shape index (κ2) is 32.2. The monoisotopic (exact) mass is 1340 g/mol. The average Bonchev–Trinajstić information content (AvgIpc) is 1.57. The number of aliphatic hydroxyl groups is 3. The number of aliphatic carboxylic acids is 4. The third kappa shape index (κ3) is 17.3. The van der Waals surface area contributed by atoms with E-state index >= 15 is 0 Å². The number of ketones is 2. The molecule has 3 aromatic carbocycles. The molecule has 0 fully saturated rings. The number of carbonyl (C=O) groups is 10. The molecule has 2 aliphatic heterocycles. The molecule has 0 aromatic heterocycles. The van der Waals surface area contributed by atoms with Crippen molar-refractivity contribution in [2.45, 2.75) is 159 Å². The Balaban J connectivity index is 0.854. The number of Topliss-reactive ketones (excluding diaryl/α,β-unsaturated/α-hetero) is 2. The maximum Gasteiger partial charge on any atom is 0.328 e. The number of para-hydroxylation sites is 2. The minimum absolute atomic E-state index is 0.0379. The predicted octanol–water partition coefficient (Wildman–Crippen LogP) is 2.89. The number of fused-ring (bicyclic) bond motifs is 2. The maximum absolute atomic E-state index is 14.3. The first-order chi connectivity index (χ1) is 45.5. The first-order valence-corrected chi connectivity index (χ1v) is 31.8. The summed E-state index contributed by atoms with van der Waals surface area (Å²) < 4.78 is 2.15. The number of aliphatic hydroxyl groups excluding tert-OH is 3. The first-order valence-electron chi connectivity index (χ1n) is 31.8. The lowest BCUT2D eigenvalue weighted by Crippen LogP contribution is -2.55. The molecule has 1 unspecified atom stereocenters. The molecule has 0 radical (unpaired) electrons. The number of carboxylic acid groups (broad SMARTS) is 4. The quantitative estimate of drug-likeness (QED) is 0.0170. The summed E-state index contributed by atoms with van der Waals surface area (Å²) in [5, 5.41) is 97.5. The highest BCUT2D eigenvalue weighted by molar-refractivity contribution is 6.24. The van der Waals surface area contributed by atoms with Crippen LogP contribution in [0.1, 0.15) is 129 Å². The van der Waals surface area contributed by atoms with Gasteiger partial charge in [-0.25, -0.2) is 28.8 Å². The largest absolute Gasteiger partial charge is 0.507 e. The number of aromatic hydroxyl groups is 1. The van der Waals surface area contributed by atoms with E-state index in [1.54, 1.807) is 12.2 Å². The van der Waals surface area contributed by atoms with Gasteiger partial charge in [0.25, 0.3) is 10.9 Å². The number of urea groups is 2. The van der Waals surface area contributed by atoms with Crippen LogP contribution < -0.4 is 58.3 Å². The van der Waals surface area contributed by atoms with Crippen LogP contribution in [-0.4, -0.2) is 180 Å². The second-order valence-corrected chi connectivity index (χ2v) is 24.9. The molecule has 4 aliphatic rings. The summed E-state index contributed by atoms with van der Waals surface area (Å²) in [6, 6.07) is 7.57. The van der Waals surface area contributed by atoms with Gasteiger partial charge >= 0.3 is 35.9 Å². The molecule has 7 rings (SSSR count). The van der Waals surface area contributed by atoms with E-state index in [0.717, 1.165) is 33.9 Å². The zero-order chi connectivity index (χ0) is 70.3. The summed E-state index contributed by atoms with van der Waals surface area (Å²) >= 11 is 0.